The molecule has 4 aromatic rings. The second kappa shape index (κ2) is 17.7. The molecular formula is C43H58F3N9O4. The van der Waals surface area contributed by atoms with E-state index in [2.05, 4.69) is 26.3 Å². The maximum atomic E-state index is 15.5. The Morgan fingerprint density at radius 2 is 1.58 bits per heavy atom. The van der Waals surface area contributed by atoms with Gasteiger partial charge in [-0.2, -0.15) is 0 Å². The van der Waals surface area contributed by atoms with Gasteiger partial charge in [0.05, 0.1) is 41.4 Å². The van der Waals surface area contributed by atoms with Gasteiger partial charge >= 0.3 is 0 Å². The lowest BCUT2D eigenvalue weighted by atomic mass is 9.85. The lowest BCUT2D eigenvalue weighted by molar-refractivity contribution is -0.140. The second-order valence-corrected chi connectivity index (χ2v) is 17.2. The van der Waals surface area contributed by atoms with Crippen LogP contribution in [0, 0.1) is 17.0 Å². The first-order valence-electron chi connectivity index (χ1n) is 20.6. The molecule has 16 heteroatoms. The van der Waals surface area contributed by atoms with Gasteiger partial charge in [-0.05, 0) is 94.9 Å². The molecule has 4 amide bonds. The van der Waals surface area contributed by atoms with Gasteiger partial charge in [0.2, 0.25) is 23.6 Å². The molecule has 7 atom stereocenters. The zero-order valence-electron chi connectivity index (χ0n) is 35.2. The van der Waals surface area contributed by atoms with Gasteiger partial charge in [-0.3, -0.25) is 19.2 Å². The van der Waals surface area contributed by atoms with E-state index in [0.717, 1.165) is 17.4 Å². The molecule has 2 saturated heterocycles. The molecule has 320 valence electrons. The van der Waals surface area contributed by atoms with Crippen molar-refractivity contribution in [2.75, 3.05) is 27.2 Å². The number of rotatable bonds is 14. The molecule has 13 nitrogen and oxygen atoms in total. The summed E-state index contributed by atoms with van der Waals surface area (Å²) >= 11 is 0. The fourth-order valence-corrected chi connectivity index (χ4v) is 8.38. The number of amides is 4. The molecule has 59 heavy (non-hydrogen) atoms. The number of nitrogens with one attached hydrogen (secondary N) is 5. The number of likely N-dealkylation sites (N-methyl/N-ethyl adjacent to an activating group) is 2. The molecule has 0 bridgehead atoms. The van der Waals surface area contributed by atoms with Crippen LogP contribution >= 0.6 is 0 Å². The van der Waals surface area contributed by atoms with Gasteiger partial charge < -0.3 is 40.6 Å². The van der Waals surface area contributed by atoms with Crippen molar-refractivity contribution in [3.63, 3.8) is 0 Å². The summed E-state index contributed by atoms with van der Waals surface area (Å²) in [5, 5.41) is 12.3. The molecule has 2 aromatic carbocycles. The van der Waals surface area contributed by atoms with Crippen LogP contribution in [0.5, 0.6) is 0 Å². The number of aromatic nitrogens is 3. The third kappa shape index (κ3) is 9.13. The number of likely N-dealkylation sites (tertiary alicyclic amines) is 2. The minimum atomic E-state index is -1.33. The maximum Gasteiger partial charge on any atom is 0.246 e. The van der Waals surface area contributed by atoms with Gasteiger partial charge in [-0.15, -0.1) is 0 Å². The van der Waals surface area contributed by atoms with Gasteiger partial charge in [-0.25, -0.2) is 18.2 Å². The summed E-state index contributed by atoms with van der Waals surface area (Å²) < 4.78 is 47.0. The number of nitrogens with zero attached hydrogens (tertiary/aromatic N) is 4. The molecule has 0 radical (unpaired) electrons. The minimum Gasteiger partial charge on any atom is -0.352 e. The number of imidazole rings is 1. The molecule has 4 heterocycles. The molecule has 0 saturated carbocycles. The Hall–Kier alpha value is -4.96. The molecule has 2 fully saturated rings. The summed E-state index contributed by atoms with van der Waals surface area (Å²) in [5.74, 6) is -1.81. The number of carbonyl (C=O) groups is 4. The number of halogens is 3. The van der Waals surface area contributed by atoms with E-state index in [1.165, 1.54) is 29.2 Å². The molecule has 2 aromatic heterocycles. The number of aromatic amines is 1. The Morgan fingerprint density at radius 1 is 0.915 bits per heavy atom. The molecule has 0 aliphatic carbocycles. The van der Waals surface area contributed by atoms with E-state index in [1.54, 1.807) is 40.1 Å². The average Bonchev–Trinajstić information content (AvgIpc) is 3.98. The van der Waals surface area contributed by atoms with Crippen LogP contribution in [0.2, 0.25) is 0 Å². The summed E-state index contributed by atoms with van der Waals surface area (Å²) in [4.78, 5) is 65.9. The first-order valence-corrected chi connectivity index (χ1v) is 20.6. The Morgan fingerprint density at radius 3 is 2.24 bits per heavy atom. The monoisotopic (exact) mass is 821 g/mol. The van der Waals surface area contributed by atoms with Crippen molar-refractivity contribution in [1.82, 2.24) is 45.6 Å². The molecule has 1 unspecified atom stereocenters. The number of fused-ring (bicyclic) bond motifs is 2. The molecular weight excluding hydrogens is 764 g/mol. The molecule has 5 N–H and O–H groups in total. The summed E-state index contributed by atoms with van der Waals surface area (Å²) in [5.41, 5.74) is 1.96. The van der Waals surface area contributed by atoms with Crippen molar-refractivity contribution in [2.45, 2.75) is 123 Å². The Balaban J connectivity index is 1.40. The van der Waals surface area contributed by atoms with Gasteiger partial charge in [0.15, 0.2) is 5.82 Å². The lowest BCUT2D eigenvalue weighted by Gasteiger charge is -2.36. The molecule has 2 aliphatic rings. The van der Waals surface area contributed by atoms with Crippen LogP contribution < -0.4 is 21.3 Å². The number of benzene rings is 2. The Labute approximate surface area is 343 Å². The van der Waals surface area contributed by atoms with Crippen LogP contribution in [0.4, 0.5) is 13.2 Å². The number of hydrogen-bond acceptors (Lipinski definition) is 7. The maximum absolute atomic E-state index is 15.5. The van der Waals surface area contributed by atoms with Crippen LogP contribution in [0.1, 0.15) is 72.8 Å². The van der Waals surface area contributed by atoms with Gasteiger partial charge in [0.1, 0.15) is 29.9 Å². The van der Waals surface area contributed by atoms with E-state index in [4.69, 9.17) is 4.98 Å². The third-order valence-corrected chi connectivity index (χ3v) is 12.0. The lowest BCUT2D eigenvalue weighted by Crippen LogP contribution is -2.58. The number of carbonyl (C=O) groups excluding carboxylic acids is 4. The topological polar surface area (TPSA) is 156 Å². The molecule has 6 rings (SSSR count). The predicted molar refractivity (Wildman–Crippen MR) is 221 cm³/mol. The van der Waals surface area contributed by atoms with Gasteiger partial charge in [0.25, 0.3) is 0 Å². The van der Waals surface area contributed by atoms with Gasteiger partial charge in [-0.1, -0.05) is 27.7 Å². The summed E-state index contributed by atoms with van der Waals surface area (Å²) in [6, 6.07) is 5.02. The van der Waals surface area contributed by atoms with Crippen molar-refractivity contribution >= 4 is 45.6 Å². The molecule has 2 aliphatic heterocycles. The highest BCUT2D eigenvalue weighted by Crippen LogP contribution is 2.37. The van der Waals surface area contributed by atoms with E-state index >= 15 is 4.39 Å². The quantitative estimate of drug-likeness (QED) is 0.125. The van der Waals surface area contributed by atoms with Crippen LogP contribution in [-0.4, -0.2) is 118 Å². The second-order valence-electron chi connectivity index (χ2n) is 17.2. The average molecular weight is 822 g/mol. The first-order chi connectivity index (χ1) is 27.9. The number of hydrogen-bond donors (Lipinski definition) is 5. The van der Waals surface area contributed by atoms with Crippen LogP contribution in [0.25, 0.3) is 33.5 Å². The number of alkyl halides is 1. The fourth-order valence-electron chi connectivity index (χ4n) is 8.38. The first kappa shape index (κ1) is 43.6. The third-order valence-electron chi connectivity index (χ3n) is 12.0. The fraction of sp³-hybridized carbons (Fsp3) is 0.558. The van der Waals surface area contributed by atoms with Crippen molar-refractivity contribution in [2.24, 2.45) is 5.41 Å². The smallest absolute Gasteiger partial charge is 0.246 e. The van der Waals surface area contributed by atoms with Gasteiger partial charge in [0, 0.05) is 42.5 Å². The summed E-state index contributed by atoms with van der Waals surface area (Å²) in [6.07, 6.45) is 0.894. The van der Waals surface area contributed by atoms with E-state index < -0.39 is 59.3 Å². The predicted octanol–water partition coefficient (Wildman–Crippen LogP) is 4.58. The van der Waals surface area contributed by atoms with E-state index in [1.807, 2.05) is 37.2 Å². The molecule has 0 spiro atoms. The highest BCUT2D eigenvalue weighted by molar-refractivity contribution is 5.93. The Kier molecular flexibility index (Phi) is 13.1. The van der Waals surface area contributed by atoms with Crippen molar-refractivity contribution < 1.29 is 32.3 Å². The number of H-pyrrole nitrogens is 1. The normalized spacial score (nSPS) is 20.6. The minimum absolute atomic E-state index is 0.0237. The largest absolute Gasteiger partial charge is 0.352 e. The standard InChI is InChI=1S/C43H58F3N9O4/c1-9-32(51-39(56)23(2)47-7)41(58)53-16-10-11-28(53)20-31-30-14-12-25(44)18-33(30)49-36(31)38-50-34-19-26(45)13-15-35(34)55(38)22-29-17-27(46)21-54(29)42(59)37(43(4,5)6)52-40(57)24(3)48-8/h12-15,18-19,23-24,27-29,32,37,47-49H,9-11,16-17,20-22H2,1-8H3,(H,51,56)(H,52,57)/t23-,24-,27-,28-,29-,32-,37?/m0/s1. The highest BCUT2D eigenvalue weighted by atomic mass is 19.1. The SMILES string of the molecule is CC[C@H](NC(=O)[C@H](C)NC)C(=O)N1CCC[C@H]1Cc1c(-c2nc3cc(F)ccc3n2C[C@@H]2C[C@H](F)CN2C(=O)C(NC(=O)[C@H](C)NC)C(C)(C)C)[nH]c2cc(F)ccc12. The summed E-state index contributed by atoms with van der Waals surface area (Å²) in [6.45, 7) is 11.2. The van der Waals surface area contributed by atoms with Crippen LogP contribution in [0.15, 0.2) is 36.4 Å². The summed E-state index contributed by atoms with van der Waals surface area (Å²) in [7, 11) is 3.33. The highest BCUT2D eigenvalue weighted by Gasteiger charge is 2.43. The van der Waals surface area contributed by atoms with E-state index in [0.29, 0.717) is 53.9 Å². The van der Waals surface area contributed by atoms with Crippen molar-refractivity contribution in [1.29, 1.82) is 0 Å². The van der Waals surface area contributed by atoms with E-state index in [9.17, 15) is 28.0 Å². The zero-order valence-corrected chi connectivity index (χ0v) is 35.2. The van der Waals surface area contributed by atoms with Crippen molar-refractivity contribution in [3.05, 3.63) is 53.6 Å². The van der Waals surface area contributed by atoms with Crippen LogP contribution in [0.3, 0.4) is 0 Å². The zero-order chi connectivity index (χ0) is 42.9. The Bertz CT molecular complexity index is 2200. The van der Waals surface area contributed by atoms with Crippen LogP contribution in [-0.2, 0) is 32.1 Å². The van der Waals surface area contributed by atoms with Crippen molar-refractivity contribution in [3.8, 4) is 11.5 Å². The van der Waals surface area contributed by atoms with E-state index in [-0.39, 0.29) is 43.3 Å².